The Kier molecular flexibility index (Phi) is 4.67. The van der Waals surface area contributed by atoms with Gasteiger partial charge in [-0.3, -0.25) is 20.2 Å². The molecule has 1 N–H and O–H groups in total. The van der Waals surface area contributed by atoms with E-state index in [0.29, 0.717) is 12.5 Å². The molecule has 0 saturated carbocycles. The number of benzene rings is 2. The van der Waals surface area contributed by atoms with Crippen LogP contribution in [0, 0.1) is 10.1 Å². The predicted octanol–water partition coefficient (Wildman–Crippen LogP) is 4.26. The van der Waals surface area contributed by atoms with Crippen LogP contribution in [0.15, 0.2) is 42.5 Å². The fourth-order valence-electron chi connectivity index (χ4n) is 2.59. The molecule has 7 nitrogen and oxygen atoms in total. The number of nitro groups is 1. The second-order valence-electron chi connectivity index (χ2n) is 5.45. The maximum atomic E-state index is 12.5. The first-order valence-electron chi connectivity index (χ1n) is 7.72. The molecule has 0 unspecified atom stereocenters. The summed E-state index contributed by atoms with van der Waals surface area (Å²) in [5.41, 5.74) is 1.69. The van der Waals surface area contributed by atoms with Gasteiger partial charge in [0.25, 0.3) is 11.6 Å². The first-order valence-corrected chi connectivity index (χ1v) is 8.09. The molecule has 0 saturated heterocycles. The summed E-state index contributed by atoms with van der Waals surface area (Å²) in [6, 6.07) is 11.3. The molecule has 2 aromatic carbocycles. The Bertz CT molecular complexity index is 968. The number of nitrogens with zero attached hydrogens (tertiary/aromatic N) is 3. The van der Waals surface area contributed by atoms with E-state index in [2.05, 4.69) is 10.3 Å². The molecular weight excluding hydrogens is 344 g/mol. The van der Waals surface area contributed by atoms with Crippen LogP contribution in [0.4, 0.5) is 11.6 Å². The van der Waals surface area contributed by atoms with E-state index >= 15 is 0 Å². The molecule has 0 aliphatic rings. The summed E-state index contributed by atoms with van der Waals surface area (Å²) in [7, 11) is 0. The number of fused-ring (bicyclic) bond motifs is 1. The summed E-state index contributed by atoms with van der Waals surface area (Å²) < 4.78 is 1.92. The SMILES string of the molecule is CCCn1c(NC(=O)c2ccc([N+](=O)[O-])cc2Cl)nc2ccccc21. The molecule has 0 aliphatic carbocycles. The lowest BCUT2D eigenvalue weighted by Gasteiger charge is -2.09. The van der Waals surface area contributed by atoms with Crippen LogP contribution >= 0.6 is 11.6 Å². The van der Waals surface area contributed by atoms with Gasteiger partial charge >= 0.3 is 0 Å². The number of hydrogen-bond donors (Lipinski definition) is 1. The minimum absolute atomic E-state index is 0.0184. The van der Waals surface area contributed by atoms with Crippen molar-refractivity contribution >= 4 is 40.2 Å². The van der Waals surface area contributed by atoms with Gasteiger partial charge in [0.15, 0.2) is 0 Å². The van der Waals surface area contributed by atoms with Crippen molar-refractivity contribution in [2.75, 3.05) is 5.32 Å². The molecule has 25 heavy (non-hydrogen) atoms. The van der Waals surface area contributed by atoms with Gasteiger partial charge in [-0.15, -0.1) is 0 Å². The lowest BCUT2D eigenvalue weighted by molar-refractivity contribution is -0.384. The smallest absolute Gasteiger partial charge is 0.270 e. The summed E-state index contributed by atoms with van der Waals surface area (Å²) in [6.45, 7) is 2.73. The van der Waals surface area contributed by atoms with Crippen molar-refractivity contribution in [3.05, 3.63) is 63.2 Å². The van der Waals surface area contributed by atoms with E-state index in [1.165, 1.54) is 12.1 Å². The van der Waals surface area contributed by atoms with Gasteiger partial charge in [-0.25, -0.2) is 4.98 Å². The number of amides is 1. The highest BCUT2D eigenvalue weighted by molar-refractivity contribution is 6.34. The Morgan fingerprint density at radius 3 is 2.76 bits per heavy atom. The van der Waals surface area contributed by atoms with E-state index in [0.717, 1.165) is 23.5 Å². The van der Waals surface area contributed by atoms with Crippen molar-refractivity contribution in [1.82, 2.24) is 9.55 Å². The van der Waals surface area contributed by atoms with Crippen LogP contribution in [-0.4, -0.2) is 20.4 Å². The Morgan fingerprint density at radius 1 is 1.32 bits per heavy atom. The molecule has 0 fully saturated rings. The lowest BCUT2D eigenvalue weighted by atomic mass is 10.2. The third-order valence-corrected chi connectivity index (χ3v) is 4.05. The van der Waals surface area contributed by atoms with Crippen LogP contribution in [0.5, 0.6) is 0 Å². The van der Waals surface area contributed by atoms with Crippen LogP contribution in [0.3, 0.4) is 0 Å². The van der Waals surface area contributed by atoms with Gasteiger partial charge < -0.3 is 4.57 Å². The number of carbonyl (C=O) groups excluding carboxylic acids is 1. The van der Waals surface area contributed by atoms with E-state index in [1.54, 1.807) is 0 Å². The highest BCUT2D eigenvalue weighted by Crippen LogP contribution is 2.25. The molecule has 1 heterocycles. The number of aromatic nitrogens is 2. The molecule has 3 aromatic rings. The number of para-hydroxylation sites is 2. The number of hydrogen-bond acceptors (Lipinski definition) is 4. The largest absolute Gasteiger partial charge is 0.310 e. The summed E-state index contributed by atoms with van der Waals surface area (Å²) in [5.74, 6) is -0.0463. The van der Waals surface area contributed by atoms with Crippen molar-refractivity contribution in [2.24, 2.45) is 0 Å². The molecule has 0 radical (unpaired) electrons. The van der Waals surface area contributed by atoms with Crippen molar-refractivity contribution in [3.8, 4) is 0 Å². The maximum Gasteiger partial charge on any atom is 0.270 e. The standard InChI is InChI=1S/C17H15ClN4O3/c1-2-9-21-15-6-4-3-5-14(15)19-17(21)20-16(23)12-8-7-11(22(24)25)10-13(12)18/h3-8,10H,2,9H2,1H3,(H,19,20,23). The van der Waals surface area contributed by atoms with Crippen LogP contribution in [0.25, 0.3) is 11.0 Å². The number of halogens is 1. The zero-order valence-corrected chi connectivity index (χ0v) is 14.2. The highest BCUT2D eigenvalue weighted by atomic mass is 35.5. The van der Waals surface area contributed by atoms with E-state index in [9.17, 15) is 14.9 Å². The number of aryl methyl sites for hydroxylation is 1. The topological polar surface area (TPSA) is 90.1 Å². The average molecular weight is 359 g/mol. The molecule has 3 rings (SSSR count). The third kappa shape index (κ3) is 3.32. The van der Waals surface area contributed by atoms with E-state index in [-0.39, 0.29) is 16.3 Å². The molecule has 1 amide bonds. The Labute approximate surface area is 148 Å². The molecule has 0 atom stereocenters. The molecule has 1 aromatic heterocycles. The number of imidazole rings is 1. The van der Waals surface area contributed by atoms with Crippen molar-refractivity contribution in [3.63, 3.8) is 0 Å². The Morgan fingerprint density at radius 2 is 2.08 bits per heavy atom. The van der Waals surface area contributed by atoms with Gasteiger partial charge in [0.05, 0.1) is 26.5 Å². The second-order valence-corrected chi connectivity index (χ2v) is 5.86. The fourth-order valence-corrected chi connectivity index (χ4v) is 2.85. The molecule has 0 bridgehead atoms. The monoisotopic (exact) mass is 358 g/mol. The molecule has 8 heteroatoms. The summed E-state index contributed by atoms with van der Waals surface area (Å²) in [4.78, 5) is 27.2. The first-order chi connectivity index (χ1) is 12.0. The Hall–Kier alpha value is -2.93. The maximum absolute atomic E-state index is 12.5. The van der Waals surface area contributed by atoms with Crippen LogP contribution < -0.4 is 5.32 Å². The van der Waals surface area contributed by atoms with Crippen molar-refractivity contribution in [2.45, 2.75) is 19.9 Å². The van der Waals surface area contributed by atoms with Gasteiger partial charge in [-0.05, 0) is 24.6 Å². The molecule has 0 aliphatic heterocycles. The van der Waals surface area contributed by atoms with Gasteiger partial charge in [-0.2, -0.15) is 0 Å². The summed E-state index contributed by atoms with van der Waals surface area (Å²) in [6.07, 6.45) is 0.877. The normalized spacial score (nSPS) is 10.8. The van der Waals surface area contributed by atoms with Crippen LogP contribution in [0.2, 0.25) is 5.02 Å². The summed E-state index contributed by atoms with van der Waals surface area (Å²) >= 11 is 6.02. The number of non-ortho nitro benzene ring substituents is 1. The highest BCUT2D eigenvalue weighted by Gasteiger charge is 2.18. The number of anilines is 1. The predicted molar refractivity (Wildman–Crippen MR) is 96.1 cm³/mol. The molecular formula is C17H15ClN4O3. The summed E-state index contributed by atoms with van der Waals surface area (Å²) in [5, 5.41) is 13.5. The quantitative estimate of drug-likeness (QED) is 0.545. The lowest BCUT2D eigenvalue weighted by Crippen LogP contribution is -2.16. The first kappa shape index (κ1) is 16.9. The van der Waals surface area contributed by atoms with Crippen molar-refractivity contribution in [1.29, 1.82) is 0 Å². The minimum atomic E-state index is -0.561. The van der Waals surface area contributed by atoms with Crippen molar-refractivity contribution < 1.29 is 9.72 Å². The van der Waals surface area contributed by atoms with Gasteiger partial charge in [0.2, 0.25) is 5.95 Å². The van der Waals surface area contributed by atoms with E-state index in [1.807, 2.05) is 35.8 Å². The number of rotatable bonds is 5. The van der Waals surface area contributed by atoms with Crippen LogP contribution in [-0.2, 0) is 6.54 Å². The molecule has 128 valence electrons. The number of carbonyl (C=O) groups is 1. The Balaban J connectivity index is 1.94. The molecule has 0 spiro atoms. The zero-order chi connectivity index (χ0) is 18.0. The van der Waals surface area contributed by atoms with E-state index < -0.39 is 10.8 Å². The van der Waals surface area contributed by atoms with Crippen LogP contribution in [0.1, 0.15) is 23.7 Å². The minimum Gasteiger partial charge on any atom is -0.310 e. The zero-order valence-electron chi connectivity index (χ0n) is 13.4. The van der Waals surface area contributed by atoms with Gasteiger partial charge in [0, 0.05) is 18.7 Å². The third-order valence-electron chi connectivity index (χ3n) is 3.74. The fraction of sp³-hybridized carbons (Fsp3) is 0.176. The van der Waals surface area contributed by atoms with Gasteiger partial charge in [0.1, 0.15) is 0 Å². The average Bonchev–Trinajstić information content (AvgIpc) is 2.92. The van der Waals surface area contributed by atoms with E-state index in [4.69, 9.17) is 11.6 Å². The van der Waals surface area contributed by atoms with Gasteiger partial charge in [-0.1, -0.05) is 30.7 Å². The second kappa shape index (κ2) is 6.90. The number of nitro benzene ring substituents is 1. The number of nitrogens with one attached hydrogen (secondary N) is 1.